The summed E-state index contributed by atoms with van der Waals surface area (Å²) in [4.78, 5) is 14.4. The molecule has 0 N–H and O–H groups in total. The molecule has 1 aliphatic heterocycles. The van der Waals surface area contributed by atoms with Crippen molar-refractivity contribution in [3.63, 3.8) is 0 Å². The molecule has 2 heterocycles. The van der Waals surface area contributed by atoms with Crippen LogP contribution in [0.5, 0.6) is 5.75 Å². The standard InChI is InChI=1S/C18H23N3O6S3/c1-19(2)29(23,24)16-13-14(6-7-15(16)27-3)18(22)20-8-10-21(11-9-20)30(25,26)17-5-4-12-28-17/h4-7,12-13H,8-11H2,1-3H3. The van der Waals surface area contributed by atoms with Crippen molar-refractivity contribution in [1.29, 1.82) is 0 Å². The van der Waals surface area contributed by atoms with Crippen LogP contribution in [0.4, 0.5) is 0 Å². The van der Waals surface area contributed by atoms with Gasteiger partial charge in [-0.2, -0.15) is 4.31 Å². The lowest BCUT2D eigenvalue weighted by Gasteiger charge is -2.33. The Bertz CT molecular complexity index is 1120. The zero-order valence-electron chi connectivity index (χ0n) is 16.8. The van der Waals surface area contributed by atoms with Gasteiger partial charge in [-0.1, -0.05) is 6.07 Å². The van der Waals surface area contributed by atoms with Crippen molar-refractivity contribution in [2.24, 2.45) is 0 Å². The first-order valence-electron chi connectivity index (χ1n) is 9.02. The molecule has 2 aromatic rings. The number of benzene rings is 1. The monoisotopic (exact) mass is 473 g/mol. The van der Waals surface area contributed by atoms with E-state index in [-0.39, 0.29) is 52.5 Å². The minimum absolute atomic E-state index is 0.0974. The third kappa shape index (κ3) is 4.23. The van der Waals surface area contributed by atoms with Crippen molar-refractivity contribution in [2.45, 2.75) is 9.10 Å². The number of hydrogen-bond donors (Lipinski definition) is 0. The van der Waals surface area contributed by atoms with Crippen molar-refractivity contribution < 1.29 is 26.4 Å². The molecule has 30 heavy (non-hydrogen) atoms. The Morgan fingerprint density at radius 1 is 1.07 bits per heavy atom. The summed E-state index contributed by atoms with van der Waals surface area (Å²) in [6, 6.07) is 7.49. The topological polar surface area (TPSA) is 104 Å². The number of sulfonamides is 2. The summed E-state index contributed by atoms with van der Waals surface area (Å²) in [6.45, 7) is 0.770. The minimum Gasteiger partial charge on any atom is -0.495 e. The van der Waals surface area contributed by atoms with E-state index in [1.165, 1.54) is 48.6 Å². The number of carbonyl (C=O) groups is 1. The summed E-state index contributed by atoms with van der Waals surface area (Å²) in [7, 11) is -3.21. The maximum Gasteiger partial charge on any atom is 0.253 e. The molecule has 1 fully saturated rings. The third-order valence-electron chi connectivity index (χ3n) is 4.78. The Morgan fingerprint density at radius 3 is 2.27 bits per heavy atom. The molecule has 3 rings (SSSR count). The predicted molar refractivity (Wildman–Crippen MR) is 113 cm³/mol. The van der Waals surface area contributed by atoms with Crippen molar-refractivity contribution in [1.82, 2.24) is 13.5 Å². The normalized spacial score (nSPS) is 16.1. The highest BCUT2D eigenvalue weighted by Crippen LogP contribution is 2.28. The summed E-state index contributed by atoms with van der Waals surface area (Å²) in [5, 5.41) is 1.70. The number of thiophene rings is 1. The summed E-state index contributed by atoms with van der Waals surface area (Å²) in [6.07, 6.45) is 0. The van der Waals surface area contributed by atoms with Crippen molar-refractivity contribution in [2.75, 3.05) is 47.4 Å². The quantitative estimate of drug-likeness (QED) is 0.624. The Kier molecular flexibility index (Phi) is 6.53. The predicted octanol–water partition coefficient (Wildman–Crippen LogP) is 1.15. The van der Waals surface area contributed by atoms with Crippen LogP contribution in [0.2, 0.25) is 0 Å². The number of ether oxygens (including phenoxy) is 1. The third-order valence-corrected chi connectivity index (χ3v) is 9.89. The van der Waals surface area contributed by atoms with Gasteiger partial charge in [0.05, 0.1) is 7.11 Å². The second-order valence-electron chi connectivity index (χ2n) is 6.78. The van der Waals surface area contributed by atoms with E-state index in [4.69, 9.17) is 4.74 Å². The smallest absolute Gasteiger partial charge is 0.253 e. The largest absolute Gasteiger partial charge is 0.495 e. The van der Waals surface area contributed by atoms with Gasteiger partial charge in [0.25, 0.3) is 15.9 Å². The van der Waals surface area contributed by atoms with Crippen molar-refractivity contribution >= 4 is 37.3 Å². The molecule has 9 nitrogen and oxygen atoms in total. The van der Waals surface area contributed by atoms with Crippen LogP contribution in [-0.2, 0) is 20.0 Å². The Hall–Kier alpha value is -1.99. The van der Waals surface area contributed by atoms with Gasteiger partial charge in [-0.3, -0.25) is 4.79 Å². The molecule has 1 aromatic carbocycles. The number of rotatable bonds is 6. The molecule has 1 saturated heterocycles. The van der Waals surface area contributed by atoms with Gasteiger partial charge in [-0.05, 0) is 29.6 Å². The molecule has 0 bridgehead atoms. The summed E-state index contributed by atoms with van der Waals surface area (Å²) in [5.74, 6) is -0.215. The average molecular weight is 474 g/mol. The number of amides is 1. The van der Waals surface area contributed by atoms with Crippen LogP contribution >= 0.6 is 11.3 Å². The fourth-order valence-electron chi connectivity index (χ4n) is 3.06. The van der Waals surface area contributed by atoms with Gasteiger partial charge in [0.1, 0.15) is 14.9 Å². The first-order chi connectivity index (χ1) is 14.1. The van der Waals surface area contributed by atoms with E-state index in [1.807, 2.05) is 0 Å². The maximum atomic E-state index is 12.9. The molecule has 1 amide bonds. The van der Waals surface area contributed by atoms with E-state index in [0.717, 1.165) is 15.6 Å². The lowest BCUT2D eigenvalue weighted by Crippen LogP contribution is -2.50. The molecule has 0 aliphatic carbocycles. The van der Waals surface area contributed by atoms with Crippen LogP contribution in [0.3, 0.4) is 0 Å². The molecule has 0 radical (unpaired) electrons. The zero-order chi connectivity index (χ0) is 22.1. The molecule has 1 aliphatic rings. The Balaban J connectivity index is 1.79. The summed E-state index contributed by atoms with van der Waals surface area (Å²) < 4.78 is 58.2. The maximum absolute atomic E-state index is 12.9. The zero-order valence-corrected chi connectivity index (χ0v) is 19.3. The SMILES string of the molecule is COc1ccc(C(=O)N2CCN(S(=O)(=O)c3cccs3)CC2)cc1S(=O)(=O)N(C)C. The minimum atomic E-state index is -3.81. The van der Waals surface area contributed by atoms with Gasteiger partial charge in [0, 0.05) is 45.8 Å². The number of hydrogen-bond acceptors (Lipinski definition) is 7. The van der Waals surface area contributed by atoms with Gasteiger partial charge in [-0.25, -0.2) is 21.1 Å². The van der Waals surface area contributed by atoms with Crippen LogP contribution < -0.4 is 4.74 Å². The van der Waals surface area contributed by atoms with E-state index < -0.39 is 20.0 Å². The van der Waals surface area contributed by atoms with E-state index >= 15 is 0 Å². The van der Waals surface area contributed by atoms with Gasteiger partial charge in [-0.15, -0.1) is 11.3 Å². The molecule has 12 heteroatoms. The lowest BCUT2D eigenvalue weighted by atomic mass is 10.1. The highest BCUT2D eigenvalue weighted by molar-refractivity contribution is 7.91. The lowest BCUT2D eigenvalue weighted by molar-refractivity contribution is 0.0697. The fourth-order valence-corrected chi connectivity index (χ4v) is 6.70. The summed E-state index contributed by atoms with van der Waals surface area (Å²) in [5.41, 5.74) is 0.200. The number of methoxy groups -OCH3 is 1. The molecule has 0 atom stereocenters. The van der Waals surface area contributed by atoms with Crippen LogP contribution in [0.1, 0.15) is 10.4 Å². The van der Waals surface area contributed by atoms with E-state index in [0.29, 0.717) is 0 Å². The van der Waals surface area contributed by atoms with Gasteiger partial charge < -0.3 is 9.64 Å². The van der Waals surface area contributed by atoms with Gasteiger partial charge >= 0.3 is 0 Å². The molecule has 164 valence electrons. The highest BCUT2D eigenvalue weighted by Gasteiger charge is 2.32. The first-order valence-corrected chi connectivity index (χ1v) is 12.8. The highest BCUT2D eigenvalue weighted by atomic mass is 32.2. The van der Waals surface area contributed by atoms with Crippen molar-refractivity contribution in [3.05, 3.63) is 41.3 Å². The number of piperazine rings is 1. The van der Waals surface area contributed by atoms with E-state index in [1.54, 1.807) is 17.5 Å². The van der Waals surface area contributed by atoms with E-state index in [9.17, 15) is 21.6 Å². The van der Waals surface area contributed by atoms with Crippen LogP contribution in [0.15, 0.2) is 44.8 Å². The summed E-state index contributed by atoms with van der Waals surface area (Å²) >= 11 is 1.15. The van der Waals surface area contributed by atoms with E-state index in [2.05, 4.69) is 0 Å². The first kappa shape index (κ1) is 22.7. The Labute approximate surface area is 180 Å². The number of carbonyl (C=O) groups excluding carboxylic acids is 1. The fraction of sp³-hybridized carbons (Fsp3) is 0.389. The van der Waals surface area contributed by atoms with Crippen LogP contribution in [0, 0.1) is 0 Å². The molecule has 0 unspecified atom stereocenters. The van der Waals surface area contributed by atoms with Gasteiger partial charge in [0.2, 0.25) is 10.0 Å². The number of nitrogens with zero attached hydrogens (tertiary/aromatic N) is 3. The van der Waals surface area contributed by atoms with Crippen molar-refractivity contribution in [3.8, 4) is 5.75 Å². The molecule has 1 aromatic heterocycles. The average Bonchev–Trinajstić information content (AvgIpc) is 3.28. The Morgan fingerprint density at radius 2 is 1.73 bits per heavy atom. The van der Waals surface area contributed by atoms with Crippen LogP contribution in [-0.4, -0.2) is 83.6 Å². The van der Waals surface area contributed by atoms with Gasteiger partial charge in [0.15, 0.2) is 0 Å². The molecular weight excluding hydrogens is 450 g/mol. The molecule has 0 spiro atoms. The second-order valence-corrected chi connectivity index (χ2v) is 12.0. The molecule has 0 saturated carbocycles. The molecular formula is C18H23N3O6S3. The van der Waals surface area contributed by atoms with Crippen LogP contribution in [0.25, 0.3) is 0 Å². The second kappa shape index (κ2) is 8.63.